The Kier molecular flexibility index (Phi) is 6.68. The number of ether oxygens (including phenoxy) is 2. The van der Waals surface area contributed by atoms with Crippen LogP contribution >= 0.6 is 23.2 Å². The molecule has 0 saturated heterocycles. The van der Waals surface area contributed by atoms with Gasteiger partial charge in [-0.3, -0.25) is 0 Å². The molecular formula is C17H17Cl2NO3. The van der Waals surface area contributed by atoms with E-state index in [2.05, 4.69) is 4.98 Å². The minimum absolute atomic E-state index is 0.112. The third-order valence-corrected chi connectivity index (χ3v) is 3.59. The first-order valence-electron chi connectivity index (χ1n) is 7.25. The highest BCUT2D eigenvalue weighted by atomic mass is 35.5. The van der Waals surface area contributed by atoms with Crippen molar-refractivity contribution in [3.05, 3.63) is 58.3 Å². The van der Waals surface area contributed by atoms with Crippen molar-refractivity contribution in [3.63, 3.8) is 0 Å². The van der Waals surface area contributed by atoms with Crippen molar-refractivity contribution >= 4 is 29.2 Å². The Morgan fingerprint density at radius 2 is 1.91 bits per heavy atom. The van der Waals surface area contributed by atoms with Gasteiger partial charge in [0.05, 0.1) is 6.61 Å². The highest BCUT2D eigenvalue weighted by Gasteiger charge is 2.18. The Hall–Kier alpha value is -1.78. The fraction of sp³-hybridized carbons (Fsp3) is 0.294. The van der Waals surface area contributed by atoms with Gasteiger partial charge in [-0.05, 0) is 37.5 Å². The zero-order chi connectivity index (χ0) is 16.7. The lowest BCUT2D eigenvalue weighted by Gasteiger charge is -2.14. The van der Waals surface area contributed by atoms with Crippen molar-refractivity contribution in [1.29, 1.82) is 0 Å². The number of carbonyl (C=O) groups is 1. The molecule has 2 rings (SSSR count). The van der Waals surface area contributed by atoms with E-state index in [0.29, 0.717) is 12.4 Å². The maximum absolute atomic E-state index is 11.9. The van der Waals surface area contributed by atoms with E-state index in [9.17, 15) is 4.79 Å². The molecule has 0 aliphatic rings. The molecule has 0 fully saturated rings. The summed E-state index contributed by atoms with van der Waals surface area (Å²) in [6, 6.07) is 13.1. The van der Waals surface area contributed by atoms with Crippen molar-refractivity contribution in [1.82, 2.24) is 4.98 Å². The van der Waals surface area contributed by atoms with Crippen LogP contribution in [0.15, 0.2) is 42.5 Å². The second kappa shape index (κ2) is 8.75. The van der Waals surface area contributed by atoms with E-state index in [1.165, 1.54) is 5.56 Å². The van der Waals surface area contributed by atoms with Gasteiger partial charge in [0.1, 0.15) is 5.15 Å². The van der Waals surface area contributed by atoms with Gasteiger partial charge < -0.3 is 9.47 Å². The van der Waals surface area contributed by atoms with Crippen LogP contribution in [0.2, 0.25) is 10.3 Å². The first kappa shape index (κ1) is 17.6. The van der Waals surface area contributed by atoms with E-state index < -0.39 is 12.1 Å². The molecule has 0 aliphatic heterocycles. The topological polar surface area (TPSA) is 48.4 Å². The maximum atomic E-state index is 11.9. The summed E-state index contributed by atoms with van der Waals surface area (Å²) in [5.41, 5.74) is 1.21. The van der Waals surface area contributed by atoms with Crippen LogP contribution in [0.25, 0.3) is 0 Å². The largest absolute Gasteiger partial charge is 0.476 e. The van der Waals surface area contributed by atoms with Crippen molar-refractivity contribution in [2.45, 2.75) is 25.9 Å². The second-order valence-electron chi connectivity index (χ2n) is 4.94. The molecule has 0 amide bonds. The fourth-order valence-electron chi connectivity index (χ4n) is 1.94. The van der Waals surface area contributed by atoms with Gasteiger partial charge in [0.2, 0.25) is 0 Å². The highest BCUT2D eigenvalue weighted by Crippen LogP contribution is 2.25. The molecule has 1 aromatic carbocycles. The van der Waals surface area contributed by atoms with Crippen molar-refractivity contribution in [2.75, 3.05) is 6.61 Å². The Morgan fingerprint density at radius 1 is 1.17 bits per heavy atom. The molecule has 1 unspecified atom stereocenters. The number of halogens is 2. The molecule has 2 aromatic rings. The van der Waals surface area contributed by atoms with Crippen LogP contribution in [0.5, 0.6) is 5.75 Å². The number of rotatable bonds is 7. The van der Waals surface area contributed by atoms with Crippen LogP contribution in [0, 0.1) is 0 Å². The molecule has 0 aliphatic carbocycles. The SMILES string of the molecule is CC(Oc1ccc(Cl)nc1Cl)C(=O)OCCCc1ccccc1. The Balaban J connectivity index is 1.74. The normalized spacial score (nSPS) is 11.8. The van der Waals surface area contributed by atoms with Crippen LogP contribution < -0.4 is 4.74 Å². The molecule has 0 bridgehead atoms. The minimum atomic E-state index is -0.771. The zero-order valence-electron chi connectivity index (χ0n) is 12.7. The van der Waals surface area contributed by atoms with Gasteiger partial charge in [-0.1, -0.05) is 53.5 Å². The van der Waals surface area contributed by atoms with Gasteiger partial charge in [-0.2, -0.15) is 0 Å². The predicted octanol–water partition coefficient (Wildman–Crippen LogP) is 4.33. The molecule has 122 valence electrons. The summed E-state index contributed by atoms with van der Waals surface area (Å²) in [7, 11) is 0. The molecule has 0 saturated carbocycles. The Morgan fingerprint density at radius 3 is 2.61 bits per heavy atom. The van der Waals surface area contributed by atoms with E-state index in [-0.39, 0.29) is 10.3 Å². The van der Waals surface area contributed by atoms with Gasteiger partial charge in [-0.25, -0.2) is 9.78 Å². The minimum Gasteiger partial charge on any atom is -0.476 e. The molecule has 1 atom stereocenters. The number of nitrogens with zero attached hydrogens (tertiary/aromatic N) is 1. The Bertz CT molecular complexity index is 650. The molecular weight excluding hydrogens is 337 g/mol. The first-order chi connectivity index (χ1) is 11.1. The molecule has 23 heavy (non-hydrogen) atoms. The lowest BCUT2D eigenvalue weighted by atomic mass is 10.1. The van der Waals surface area contributed by atoms with Crippen LogP contribution in [-0.4, -0.2) is 23.7 Å². The summed E-state index contributed by atoms with van der Waals surface area (Å²) in [6.45, 7) is 1.94. The average molecular weight is 354 g/mol. The third-order valence-electron chi connectivity index (χ3n) is 3.11. The van der Waals surface area contributed by atoms with Crippen LogP contribution in [-0.2, 0) is 16.0 Å². The standard InChI is InChI=1S/C17H17Cl2NO3/c1-12(23-14-9-10-15(18)20-16(14)19)17(21)22-11-5-8-13-6-3-2-4-7-13/h2-4,6-7,9-10,12H,5,8,11H2,1H3. The molecule has 0 radical (unpaired) electrons. The van der Waals surface area contributed by atoms with Crippen LogP contribution in [0.1, 0.15) is 18.9 Å². The molecule has 0 spiro atoms. The van der Waals surface area contributed by atoms with Gasteiger partial charge in [0.15, 0.2) is 17.0 Å². The summed E-state index contributed by atoms with van der Waals surface area (Å²) in [5.74, 6) is -0.145. The van der Waals surface area contributed by atoms with Gasteiger partial charge in [0, 0.05) is 0 Å². The molecule has 1 aromatic heterocycles. The van der Waals surface area contributed by atoms with E-state index in [1.54, 1.807) is 19.1 Å². The van der Waals surface area contributed by atoms with Crippen LogP contribution in [0.3, 0.4) is 0 Å². The summed E-state index contributed by atoms with van der Waals surface area (Å²) in [6.07, 6.45) is 0.842. The predicted molar refractivity (Wildman–Crippen MR) is 90.1 cm³/mol. The number of aromatic nitrogens is 1. The number of aryl methyl sites for hydroxylation is 1. The summed E-state index contributed by atoms with van der Waals surface area (Å²) in [5, 5.41) is 0.375. The fourth-order valence-corrected chi connectivity index (χ4v) is 2.33. The maximum Gasteiger partial charge on any atom is 0.347 e. The number of benzene rings is 1. The van der Waals surface area contributed by atoms with E-state index in [1.807, 2.05) is 30.3 Å². The molecule has 6 heteroatoms. The number of hydrogen-bond acceptors (Lipinski definition) is 4. The smallest absolute Gasteiger partial charge is 0.347 e. The van der Waals surface area contributed by atoms with Crippen LogP contribution in [0.4, 0.5) is 0 Å². The summed E-state index contributed by atoms with van der Waals surface area (Å²) < 4.78 is 10.7. The monoisotopic (exact) mass is 353 g/mol. The van der Waals surface area contributed by atoms with Crippen molar-refractivity contribution in [2.24, 2.45) is 0 Å². The number of pyridine rings is 1. The van der Waals surface area contributed by atoms with E-state index in [4.69, 9.17) is 32.7 Å². The van der Waals surface area contributed by atoms with Gasteiger partial charge in [-0.15, -0.1) is 0 Å². The first-order valence-corrected chi connectivity index (χ1v) is 8.01. The van der Waals surface area contributed by atoms with E-state index in [0.717, 1.165) is 12.8 Å². The molecule has 0 N–H and O–H groups in total. The van der Waals surface area contributed by atoms with Crippen molar-refractivity contribution in [3.8, 4) is 5.75 Å². The zero-order valence-corrected chi connectivity index (χ0v) is 14.2. The van der Waals surface area contributed by atoms with Gasteiger partial charge in [0.25, 0.3) is 0 Å². The second-order valence-corrected chi connectivity index (χ2v) is 5.68. The quantitative estimate of drug-likeness (QED) is 0.422. The lowest BCUT2D eigenvalue weighted by molar-refractivity contribution is -0.151. The van der Waals surface area contributed by atoms with Gasteiger partial charge >= 0.3 is 5.97 Å². The molecule has 1 heterocycles. The van der Waals surface area contributed by atoms with Crippen molar-refractivity contribution < 1.29 is 14.3 Å². The lowest BCUT2D eigenvalue weighted by Crippen LogP contribution is -2.26. The number of esters is 1. The third kappa shape index (κ3) is 5.73. The molecule has 4 nitrogen and oxygen atoms in total. The summed E-state index contributed by atoms with van der Waals surface area (Å²) in [4.78, 5) is 15.7. The van der Waals surface area contributed by atoms with E-state index >= 15 is 0 Å². The average Bonchev–Trinajstić information content (AvgIpc) is 2.55. The Labute approximate surface area is 145 Å². The summed E-state index contributed by atoms with van der Waals surface area (Å²) >= 11 is 11.6. The number of hydrogen-bond donors (Lipinski definition) is 0. The number of carbonyl (C=O) groups excluding carboxylic acids is 1. The highest BCUT2D eigenvalue weighted by molar-refractivity contribution is 6.33.